The number of ether oxygens (including phenoxy) is 2. The van der Waals surface area contributed by atoms with Gasteiger partial charge in [-0.2, -0.15) is 13.7 Å². The molecule has 0 aliphatic carbocycles. The number of benzene rings is 4. The average molecular weight is 663 g/mol. The molecule has 0 saturated carbocycles. The fourth-order valence-corrected chi connectivity index (χ4v) is 7.95. The van der Waals surface area contributed by atoms with Crippen LogP contribution in [0.3, 0.4) is 0 Å². The van der Waals surface area contributed by atoms with Crippen molar-refractivity contribution in [3.63, 3.8) is 0 Å². The average Bonchev–Trinajstić information content (AvgIpc) is 3.09. The first kappa shape index (κ1) is 32.8. The number of rotatable bonds is 12. The molecule has 13 heteroatoms. The summed E-state index contributed by atoms with van der Waals surface area (Å²) < 4.78 is 67.9. The first-order valence-electron chi connectivity index (χ1n) is 14.6. The molecule has 1 atom stereocenters. The summed E-state index contributed by atoms with van der Waals surface area (Å²) in [5.74, 6) is 0.245. The van der Waals surface area contributed by atoms with Crippen molar-refractivity contribution in [2.45, 2.75) is 29.4 Å². The van der Waals surface area contributed by atoms with Gasteiger partial charge in [-0.05, 0) is 60.5 Å². The molecule has 4 aromatic carbocycles. The van der Waals surface area contributed by atoms with Gasteiger partial charge in [-0.25, -0.2) is 22.3 Å². The molecule has 1 saturated heterocycles. The highest BCUT2D eigenvalue weighted by Gasteiger charge is 2.43. The fourth-order valence-electron chi connectivity index (χ4n) is 4.90. The standard InChI is InChI=1S/C33H34N4O7S2/c1-2-43-32-22-27(18-19-31(32)44-25-26-12-6-3-7-13-26)23-34-35-33(38)30-24-36(45(39,40)28-14-8-4-9-15-28)20-21-37(30)46(41,42)29-16-10-5-11-17-29/h3-19,22-23,30H,2,20-21,24-25H2,1H3,(H,35,38)/b34-23-/t30-/m0/s1. The first-order chi connectivity index (χ1) is 22.2. The Kier molecular flexibility index (Phi) is 10.5. The molecule has 1 fully saturated rings. The minimum Gasteiger partial charge on any atom is -0.490 e. The Hall–Kier alpha value is -4.56. The maximum atomic E-state index is 13.6. The second-order valence-electron chi connectivity index (χ2n) is 10.3. The Balaban J connectivity index is 1.35. The van der Waals surface area contributed by atoms with Crippen LogP contribution in [-0.2, 0) is 31.4 Å². The van der Waals surface area contributed by atoms with Crippen molar-refractivity contribution in [1.82, 2.24) is 14.0 Å². The molecule has 4 aromatic rings. The summed E-state index contributed by atoms with van der Waals surface area (Å²) in [6, 6.07) is 29.0. The summed E-state index contributed by atoms with van der Waals surface area (Å²) >= 11 is 0. The largest absolute Gasteiger partial charge is 0.490 e. The molecule has 11 nitrogen and oxygen atoms in total. The van der Waals surface area contributed by atoms with Gasteiger partial charge in [-0.1, -0.05) is 66.7 Å². The molecule has 0 unspecified atom stereocenters. The second-order valence-corrected chi connectivity index (χ2v) is 14.1. The molecular weight excluding hydrogens is 629 g/mol. The zero-order valence-corrected chi connectivity index (χ0v) is 26.7. The zero-order chi connectivity index (χ0) is 32.6. The van der Waals surface area contributed by atoms with E-state index in [0.29, 0.717) is 30.3 Å². The number of hydrogen-bond donors (Lipinski definition) is 1. The molecule has 1 aliphatic heterocycles. The lowest BCUT2D eigenvalue weighted by atomic mass is 10.2. The SMILES string of the molecule is CCOc1cc(/C=N\NC(=O)[C@@H]2CN(S(=O)(=O)c3ccccc3)CCN2S(=O)(=O)c2ccccc2)ccc1OCc1ccccc1. The molecule has 0 spiro atoms. The quantitative estimate of drug-likeness (QED) is 0.180. The number of carbonyl (C=O) groups excluding carboxylic acids is 1. The molecule has 5 rings (SSSR count). The highest BCUT2D eigenvalue weighted by atomic mass is 32.2. The smallest absolute Gasteiger partial charge is 0.259 e. The van der Waals surface area contributed by atoms with E-state index in [4.69, 9.17) is 9.47 Å². The Morgan fingerprint density at radius 1 is 0.804 bits per heavy atom. The molecule has 46 heavy (non-hydrogen) atoms. The van der Waals surface area contributed by atoms with Gasteiger partial charge in [-0.15, -0.1) is 0 Å². The van der Waals surface area contributed by atoms with Gasteiger partial charge >= 0.3 is 0 Å². The van der Waals surface area contributed by atoms with Gasteiger partial charge < -0.3 is 9.47 Å². The normalized spacial score (nSPS) is 16.2. The van der Waals surface area contributed by atoms with Crippen LogP contribution in [0.15, 0.2) is 124 Å². The fraction of sp³-hybridized carbons (Fsp3) is 0.212. The Bertz CT molecular complexity index is 1870. The third kappa shape index (κ3) is 7.62. The Morgan fingerprint density at radius 3 is 2.04 bits per heavy atom. The van der Waals surface area contributed by atoms with E-state index in [0.717, 1.165) is 14.2 Å². The minimum atomic E-state index is -4.14. The third-order valence-corrected chi connectivity index (χ3v) is 11.0. The highest BCUT2D eigenvalue weighted by molar-refractivity contribution is 7.89. The number of carbonyl (C=O) groups is 1. The number of sulfonamides is 2. The molecule has 0 radical (unpaired) electrons. The number of hydrogen-bond acceptors (Lipinski definition) is 8. The topological polar surface area (TPSA) is 135 Å². The number of piperazine rings is 1. The molecule has 0 aromatic heterocycles. The number of nitrogens with one attached hydrogen (secondary N) is 1. The summed E-state index contributed by atoms with van der Waals surface area (Å²) in [7, 11) is -8.14. The molecule has 240 valence electrons. The van der Waals surface area contributed by atoms with Crippen LogP contribution in [0.2, 0.25) is 0 Å². The molecule has 1 N–H and O–H groups in total. The summed E-state index contributed by atoms with van der Waals surface area (Å²) in [6.07, 6.45) is 1.39. The monoisotopic (exact) mass is 662 g/mol. The minimum absolute atomic E-state index is 0.00584. The van der Waals surface area contributed by atoms with Gasteiger partial charge in [0.2, 0.25) is 20.0 Å². The lowest BCUT2D eigenvalue weighted by Gasteiger charge is -2.38. The van der Waals surface area contributed by atoms with E-state index in [9.17, 15) is 21.6 Å². The van der Waals surface area contributed by atoms with E-state index in [1.807, 2.05) is 37.3 Å². The lowest BCUT2D eigenvalue weighted by Crippen LogP contribution is -2.60. The molecule has 1 amide bonds. The van der Waals surface area contributed by atoms with Gasteiger partial charge in [-0.3, -0.25) is 4.79 Å². The number of nitrogens with zero attached hydrogens (tertiary/aromatic N) is 3. The lowest BCUT2D eigenvalue weighted by molar-refractivity contribution is -0.125. The second kappa shape index (κ2) is 14.7. The predicted molar refractivity (Wildman–Crippen MR) is 173 cm³/mol. The molecule has 0 bridgehead atoms. The first-order valence-corrected chi connectivity index (χ1v) is 17.5. The van der Waals surface area contributed by atoms with Crippen LogP contribution in [0.4, 0.5) is 0 Å². The van der Waals surface area contributed by atoms with E-state index in [2.05, 4.69) is 10.5 Å². The summed E-state index contributed by atoms with van der Waals surface area (Å²) in [4.78, 5) is 13.6. The summed E-state index contributed by atoms with van der Waals surface area (Å²) in [6.45, 7) is 1.84. The van der Waals surface area contributed by atoms with Gasteiger partial charge in [0.25, 0.3) is 5.91 Å². The predicted octanol–water partition coefficient (Wildman–Crippen LogP) is 3.88. The number of hydrazone groups is 1. The van der Waals surface area contributed by atoms with Crippen molar-refractivity contribution < 1.29 is 31.1 Å². The Morgan fingerprint density at radius 2 is 1.41 bits per heavy atom. The molecular formula is C33H34N4O7S2. The van der Waals surface area contributed by atoms with Crippen LogP contribution >= 0.6 is 0 Å². The van der Waals surface area contributed by atoms with Crippen LogP contribution in [-0.4, -0.2) is 69.9 Å². The van der Waals surface area contributed by atoms with Crippen LogP contribution < -0.4 is 14.9 Å². The van der Waals surface area contributed by atoms with E-state index in [1.54, 1.807) is 54.6 Å². The summed E-state index contributed by atoms with van der Waals surface area (Å²) in [5.41, 5.74) is 3.99. The van der Waals surface area contributed by atoms with Crippen molar-refractivity contribution in [3.8, 4) is 11.5 Å². The van der Waals surface area contributed by atoms with Gasteiger partial charge in [0.15, 0.2) is 11.5 Å². The summed E-state index contributed by atoms with van der Waals surface area (Å²) in [5, 5.41) is 4.07. The van der Waals surface area contributed by atoms with Gasteiger partial charge in [0, 0.05) is 19.6 Å². The third-order valence-electron chi connectivity index (χ3n) is 7.22. The van der Waals surface area contributed by atoms with Crippen molar-refractivity contribution in [2.24, 2.45) is 5.10 Å². The van der Waals surface area contributed by atoms with E-state index >= 15 is 0 Å². The Labute approximate surface area is 269 Å². The van der Waals surface area contributed by atoms with Gasteiger partial charge in [0.05, 0.1) is 22.6 Å². The van der Waals surface area contributed by atoms with Crippen LogP contribution in [0.5, 0.6) is 11.5 Å². The number of amides is 1. The van der Waals surface area contributed by atoms with Gasteiger partial charge in [0.1, 0.15) is 12.6 Å². The van der Waals surface area contributed by atoms with Crippen molar-refractivity contribution in [3.05, 3.63) is 120 Å². The zero-order valence-electron chi connectivity index (χ0n) is 25.1. The van der Waals surface area contributed by atoms with Crippen molar-refractivity contribution in [2.75, 3.05) is 26.2 Å². The maximum Gasteiger partial charge on any atom is 0.259 e. The van der Waals surface area contributed by atoms with E-state index in [1.165, 1.54) is 30.5 Å². The van der Waals surface area contributed by atoms with Crippen molar-refractivity contribution >= 4 is 32.2 Å². The van der Waals surface area contributed by atoms with Crippen molar-refractivity contribution in [1.29, 1.82) is 0 Å². The molecule has 1 aliphatic rings. The van der Waals surface area contributed by atoms with Crippen LogP contribution in [0.1, 0.15) is 18.1 Å². The van der Waals surface area contributed by atoms with E-state index < -0.39 is 38.5 Å². The highest BCUT2D eigenvalue weighted by Crippen LogP contribution is 2.29. The van der Waals surface area contributed by atoms with Crippen LogP contribution in [0.25, 0.3) is 0 Å². The van der Waals surface area contributed by atoms with Crippen LogP contribution in [0, 0.1) is 0 Å². The molecule has 1 heterocycles. The van der Waals surface area contributed by atoms with E-state index in [-0.39, 0.29) is 22.9 Å². The maximum absolute atomic E-state index is 13.6.